The highest BCUT2D eigenvalue weighted by Gasteiger charge is 2.04. The molecule has 0 saturated heterocycles. The van der Waals surface area contributed by atoms with Gasteiger partial charge in [0.25, 0.3) is 0 Å². The van der Waals surface area contributed by atoms with Crippen molar-refractivity contribution >= 4 is 28.4 Å². The minimum absolute atomic E-state index is 0.272. The van der Waals surface area contributed by atoms with Gasteiger partial charge in [-0.1, -0.05) is 17.7 Å². The number of carbonyl (C=O) groups is 1. The van der Waals surface area contributed by atoms with Crippen LogP contribution in [0, 0.1) is 6.92 Å². The van der Waals surface area contributed by atoms with Gasteiger partial charge in [0.05, 0.1) is 11.0 Å². The van der Waals surface area contributed by atoms with Crippen molar-refractivity contribution in [3.63, 3.8) is 0 Å². The van der Waals surface area contributed by atoms with Crippen LogP contribution in [-0.2, 0) is 0 Å². The maximum absolute atomic E-state index is 11.9. The van der Waals surface area contributed by atoms with Crippen LogP contribution in [0.4, 0.5) is 16.2 Å². The van der Waals surface area contributed by atoms with Gasteiger partial charge in [0.15, 0.2) is 0 Å². The van der Waals surface area contributed by atoms with Crippen molar-refractivity contribution < 1.29 is 4.79 Å². The first-order chi connectivity index (χ1) is 10.1. The van der Waals surface area contributed by atoms with Gasteiger partial charge in [-0.3, -0.25) is 0 Å². The zero-order valence-electron chi connectivity index (χ0n) is 11.4. The fraction of sp³-hybridized carbons (Fsp3) is 0.0667. The van der Waals surface area contributed by atoms with E-state index in [9.17, 15) is 9.59 Å². The molecule has 0 spiro atoms. The molecule has 3 aromatic rings. The molecule has 3 rings (SSSR count). The van der Waals surface area contributed by atoms with Gasteiger partial charge < -0.3 is 20.6 Å². The second kappa shape index (κ2) is 5.16. The number of anilines is 2. The molecule has 2 amide bonds. The lowest BCUT2D eigenvalue weighted by Crippen LogP contribution is -2.19. The summed E-state index contributed by atoms with van der Waals surface area (Å²) in [5, 5.41) is 5.46. The van der Waals surface area contributed by atoms with E-state index in [1.807, 2.05) is 31.2 Å². The number of carbonyl (C=O) groups excluding carboxylic acids is 1. The Labute approximate surface area is 120 Å². The van der Waals surface area contributed by atoms with Crippen LogP contribution < -0.4 is 16.3 Å². The van der Waals surface area contributed by atoms with Crippen molar-refractivity contribution in [1.29, 1.82) is 0 Å². The number of urea groups is 1. The number of hydrogen-bond donors (Lipinski definition) is 4. The molecule has 0 unspecified atom stereocenters. The number of fused-ring (bicyclic) bond motifs is 1. The molecule has 0 aliphatic carbocycles. The molecule has 106 valence electrons. The highest BCUT2D eigenvalue weighted by atomic mass is 16.2. The topological polar surface area (TPSA) is 89.8 Å². The van der Waals surface area contributed by atoms with Crippen molar-refractivity contribution in [2.45, 2.75) is 6.92 Å². The van der Waals surface area contributed by atoms with Gasteiger partial charge in [-0.2, -0.15) is 0 Å². The molecule has 21 heavy (non-hydrogen) atoms. The van der Waals surface area contributed by atoms with Crippen LogP contribution in [0.15, 0.2) is 47.3 Å². The monoisotopic (exact) mass is 282 g/mol. The van der Waals surface area contributed by atoms with Crippen molar-refractivity contribution in [1.82, 2.24) is 9.97 Å². The van der Waals surface area contributed by atoms with Gasteiger partial charge in [-0.15, -0.1) is 0 Å². The average Bonchev–Trinajstić information content (AvgIpc) is 2.80. The predicted octanol–water partition coefficient (Wildman–Crippen LogP) is 2.81. The van der Waals surface area contributed by atoms with Crippen LogP contribution in [0.5, 0.6) is 0 Å². The van der Waals surface area contributed by atoms with E-state index in [2.05, 4.69) is 20.6 Å². The van der Waals surface area contributed by atoms with Crippen LogP contribution >= 0.6 is 0 Å². The Balaban J connectivity index is 1.73. The number of H-pyrrole nitrogens is 2. The summed E-state index contributed by atoms with van der Waals surface area (Å²) in [6, 6.07) is 12.3. The first-order valence-corrected chi connectivity index (χ1v) is 6.47. The Kier molecular flexibility index (Phi) is 3.19. The minimum Gasteiger partial charge on any atom is -0.308 e. The summed E-state index contributed by atoms with van der Waals surface area (Å²) < 4.78 is 0. The van der Waals surface area contributed by atoms with Gasteiger partial charge in [0.1, 0.15) is 0 Å². The Bertz CT molecular complexity index is 846. The van der Waals surface area contributed by atoms with Crippen molar-refractivity contribution in [3.05, 3.63) is 58.5 Å². The highest BCUT2D eigenvalue weighted by Crippen LogP contribution is 2.15. The molecular formula is C15H14N4O2. The van der Waals surface area contributed by atoms with Gasteiger partial charge >= 0.3 is 11.7 Å². The van der Waals surface area contributed by atoms with E-state index in [0.717, 1.165) is 5.56 Å². The lowest BCUT2D eigenvalue weighted by atomic mass is 10.2. The first-order valence-electron chi connectivity index (χ1n) is 6.47. The molecule has 1 aromatic heterocycles. The second-order valence-electron chi connectivity index (χ2n) is 4.78. The molecule has 0 aliphatic heterocycles. The van der Waals surface area contributed by atoms with E-state index in [0.29, 0.717) is 22.4 Å². The molecule has 0 bridgehead atoms. The molecule has 0 saturated carbocycles. The fourth-order valence-corrected chi connectivity index (χ4v) is 2.04. The fourth-order valence-electron chi connectivity index (χ4n) is 2.04. The standard InChI is InChI=1S/C15H14N4O2/c1-9-2-4-10(5-3-9)16-14(20)17-11-6-7-12-13(8-11)19-15(21)18-12/h2-8H,1H3,(H2,16,17,20)(H2,18,19,21). The Morgan fingerprint density at radius 3 is 2.29 bits per heavy atom. The van der Waals surface area contributed by atoms with Crippen LogP contribution in [0.3, 0.4) is 0 Å². The number of imidazole rings is 1. The normalized spacial score (nSPS) is 10.5. The summed E-state index contributed by atoms with van der Waals surface area (Å²) >= 11 is 0. The molecule has 6 nitrogen and oxygen atoms in total. The molecule has 0 fully saturated rings. The minimum atomic E-state index is -0.337. The van der Waals surface area contributed by atoms with E-state index in [1.54, 1.807) is 18.2 Å². The molecular weight excluding hydrogens is 268 g/mol. The Morgan fingerprint density at radius 1 is 0.905 bits per heavy atom. The van der Waals surface area contributed by atoms with Crippen molar-refractivity contribution in [2.75, 3.05) is 10.6 Å². The SMILES string of the molecule is Cc1ccc(NC(=O)Nc2ccc3[nH]c(=O)[nH]c3c2)cc1. The molecule has 1 heterocycles. The maximum Gasteiger partial charge on any atom is 0.323 e. The van der Waals surface area contributed by atoms with E-state index < -0.39 is 0 Å². The molecule has 6 heteroatoms. The van der Waals surface area contributed by atoms with Crippen LogP contribution in [-0.4, -0.2) is 16.0 Å². The number of aromatic nitrogens is 2. The zero-order valence-corrected chi connectivity index (χ0v) is 11.4. The summed E-state index contributed by atoms with van der Waals surface area (Å²) in [5.41, 5.74) is 3.52. The number of aromatic amines is 2. The highest BCUT2D eigenvalue weighted by molar-refractivity contribution is 6.00. The van der Waals surface area contributed by atoms with E-state index in [-0.39, 0.29) is 11.7 Å². The third kappa shape index (κ3) is 2.94. The summed E-state index contributed by atoms with van der Waals surface area (Å²) in [6.45, 7) is 1.98. The summed E-state index contributed by atoms with van der Waals surface area (Å²) in [4.78, 5) is 28.4. The maximum atomic E-state index is 11.9. The lowest BCUT2D eigenvalue weighted by molar-refractivity contribution is 0.262. The lowest BCUT2D eigenvalue weighted by Gasteiger charge is -2.07. The summed E-state index contributed by atoms with van der Waals surface area (Å²) in [6.07, 6.45) is 0. The zero-order chi connectivity index (χ0) is 14.8. The van der Waals surface area contributed by atoms with Crippen LogP contribution in [0.1, 0.15) is 5.56 Å². The van der Waals surface area contributed by atoms with E-state index in [4.69, 9.17) is 0 Å². The van der Waals surface area contributed by atoms with Gasteiger partial charge in [-0.05, 0) is 37.3 Å². The van der Waals surface area contributed by atoms with E-state index in [1.165, 1.54) is 0 Å². The number of rotatable bonds is 2. The molecule has 0 aliphatic rings. The second-order valence-corrected chi connectivity index (χ2v) is 4.78. The number of benzene rings is 2. The molecule has 0 atom stereocenters. The van der Waals surface area contributed by atoms with Gasteiger partial charge in [0, 0.05) is 11.4 Å². The number of amides is 2. The van der Waals surface area contributed by atoms with Crippen molar-refractivity contribution in [2.24, 2.45) is 0 Å². The summed E-state index contributed by atoms with van der Waals surface area (Å²) in [7, 11) is 0. The third-order valence-electron chi connectivity index (χ3n) is 3.08. The van der Waals surface area contributed by atoms with E-state index >= 15 is 0 Å². The van der Waals surface area contributed by atoms with Gasteiger partial charge in [-0.25, -0.2) is 9.59 Å². The van der Waals surface area contributed by atoms with Crippen LogP contribution in [0.2, 0.25) is 0 Å². The smallest absolute Gasteiger partial charge is 0.308 e. The van der Waals surface area contributed by atoms with Crippen LogP contribution in [0.25, 0.3) is 11.0 Å². The van der Waals surface area contributed by atoms with Crippen molar-refractivity contribution in [3.8, 4) is 0 Å². The van der Waals surface area contributed by atoms with Gasteiger partial charge in [0.2, 0.25) is 0 Å². The predicted molar refractivity (Wildman–Crippen MR) is 82.7 cm³/mol. The molecule has 4 N–H and O–H groups in total. The summed E-state index contributed by atoms with van der Waals surface area (Å²) in [5.74, 6) is 0. The Morgan fingerprint density at radius 2 is 1.52 bits per heavy atom. The Hall–Kier alpha value is -3.02. The number of hydrogen-bond acceptors (Lipinski definition) is 2. The average molecular weight is 282 g/mol. The third-order valence-corrected chi connectivity index (χ3v) is 3.08. The number of nitrogens with one attached hydrogen (secondary N) is 4. The quantitative estimate of drug-likeness (QED) is 0.582. The number of aryl methyl sites for hydroxylation is 1. The largest absolute Gasteiger partial charge is 0.323 e. The first kappa shape index (κ1) is 13.0. The molecule has 2 aromatic carbocycles. The molecule has 0 radical (unpaired) electrons.